The van der Waals surface area contributed by atoms with Gasteiger partial charge >= 0.3 is 0 Å². The Morgan fingerprint density at radius 2 is 2.11 bits per heavy atom. The highest BCUT2D eigenvalue weighted by atomic mass is 35.5. The van der Waals surface area contributed by atoms with Gasteiger partial charge in [-0.25, -0.2) is 0 Å². The zero-order valence-corrected chi connectivity index (χ0v) is 11.5. The number of hydrogen-bond donors (Lipinski definition) is 0. The van der Waals surface area contributed by atoms with Crippen molar-refractivity contribution in [3.63, 3.8) is 0 Å². The number of pyridine rings is 1. The Kier molecular flexibility index (Phi) is 4.17. The molecular formula is C15H14ClNO2. The Hall–Kier alpha value is -1.87. The number of aryl methyl sites for hydroxylation is 1. The van der Waals surface area contributed by atoms with Crippen LogP contribution in [0.15, 0.2) is 42.6 Å². The minimum absolute atomic E-state index is 0.104. The van der Waals surface area contributed by atoms with Gasteiger partial charge < -0.3 is 4.74 Å². The lowest BCUT2D eigenvalue weighted by Crippen LogP contribution is -2.24. The molecule has 0 radical (unpaired) electrons. The van der Waals surface area contributed by atoms with Crippen molar-refractivity contribution in [2.75, 3.05) is 0 Å². The first-order valence-electron chi connectivity index (χ1n) is 5.95. The van der Waals surface area contributed by atoms with Crippen molar-refractivity contribution < 1.29 is 9.53 Å². The summed E-state index contributed by atoms with van der Waals surface area (Å²) >= 11 is 5.87. The van der Waals surface area contributed by atoms with Crippen LogP contribution in [0.25, 0.3) is 0 Å². The van der Waals surface area contributed by atoms with Crippen LogP contribution >= 0.6 is 11.6 Å². The van der Waals surface area contributed by atoms with Crippen LogP contribution in [-0.2, 0) is 0 Å². The van der Waals surface area contributed by atoms with E-state index in [-0.39, 0.29) is 5.78 Å². The zero-order chi connectivity index (χ0) is 13.8. The van der Waals surface area contributed by atoms with E-state index in [0.717, 1.165) is 5.69 Å². The lowest BCUT2D eigenvalue weighted by atomic mass is 10.1. The molecule has 0 amide bonds. The first kappa shape index (κ1) is 13.6. The molecule has 0 aliphatic heterocycles. The predicted octanol–water partition coefficient (Wildman–Crippen LogP) is 3.69. The summed E-state index contributed by atoms with van der Waals surface area (Å²) in [5, 5.41) is 0.578. The average molecular weight is 276 g/mol. The molecule has 1 heterocycles. The van der Waals surface area contributed by atoms with E-state index in [9.17, 15) is 4.79 Å². The number of aromatic nitrogens is 1. The summed E-state index contributed by atoms with van der Waals surface area (Å²) in [5.41, 5.74) is 1.42. The van der Waals surface area contributed by atoms with Crippen LogP contribution in [0.5, 0.6) is 5.75 Å². The van der Waals surface area contributed by atoms with Gasteiger partial charge in [-0.3, -0.25) is 9.78 Å². The van der Waals surface area contributed by atoms with E-state index in [4.69, 9.17) is 16.3 Å². The lowest BCUT2D eigenvalue weighted by molar-refractivity contribution is 0.0817. The Morgan fingerprint density at radius 3 is 2.74 bits per heavy atom. The molecule has 19 heavy (non-hydrogen) atoms. The second-order valence-electron chi connectivity index (χ2n) is 4.27. The predicted molar refractivity (Wildman–Crippen MR) is 74.8 cm³/mol. The number of carbonyl (C=O) groups excluding carboxylic acids is 1. The molecule has 2 rings (SSSR count). The highest BCUT2D eigenvalue weighted by molar-refractivity contribution is 6.30. The summed E-state index contributed by atoms with van der Waals surface area (Å²) in [4.78, 5) is 16.3. The number of hydrogen-bond acceptors (Lipinski definition) is 3. The van der Waals surface area contributed by atoms with Gasteiger partial charge in [0.25, 0.3) is 0 Å². The molecule has 4 heteroatoms. The molecule has 98 valence electrons. The zero-order valence-electron chi connectivity index (χ0n) is 10.8. The van der Waals surface area contributed by atoms with Gasteiger partial charge in [-0.15, -0.1) is 0 Å². The number of ether oxygens (including phenoxy) is 1. The van der Waals surface area contributed by atoms with Gasteiger partial charge in [0.15, 0.2) is 6.10 Å². The molecule has 0 bridgehead atoms. The van der Waals surface area contributed by atoms with Gasteiger partial charge in [0.1, 0.15) is 5.75 Å². The number of carbonyl (C=O) groups is 1. The first-order chi connectivity index (χ1) is 9.06. The second-order valence-corrected chi connectivity index (χ2v) is 4.71. The lowest BCUT2D eigenvalue weighted by Gasteiger charge is -2.13. The number of halogens is 1. The van der Waals surface area contributed by atoms with Gasteiger partial charge in [-0.05, 0) is 44.2 Å². The summed E-state index contributed by atoms with van der Waals surface area (Å²) in [5.74, 6) is 0.473. The molecule has 0 saturated heterocycles. The minimum atomic E-state index is -0.581. The highest BCUT2D eigenvalue weighted by Gasteiger charge is 2.17. The molecule has 0 saturated carbocycles. The number of benzene rings is 1. The minimum Gasteiger partial charge on any atom is -0.483 e. The van der Waals surface area contributed by atoms with Crippen LogP contribution < -0.4 is 4.74 Å². The molecular weight excluding hydrogens is 262 g/mol. The third kappa shape index (κ3) is 3.55. The number of rotatable bonds is 4. The quantitative estimate of drug-likeness (QED) is 0.799. The van der Waals surface area contributed by atoms with Crippen molar-refractivity contribution in [1.29, 1.82) is 0 Å². The SMILES string of the molecule is Cc1ccc(C(=O)C(C)Oc2cccc(Cl)c2)cn1. The van der Waals surface area contributed by atoms with E-state index in [2.05, 4.69) is 4.98 Å². The molecule has 0 aliphatic carbocycles. The Bertz CT molecular complexity index is 581. The standard InChI is InChI=1S/C15H14ClNO2/c1-10-6-7-12(9-17-10)15(18)11(2)19-14-5-3-4-13(16)8-14/h3-9,11H,1-2H3. The van der Waals surface area contributed by atoms with Gasteiger partial charge in [0, 0.05) is 22.5 Å². The van der Waals surface area contributed by atoms with E-state index < -0.39 is 6.10 Å². The molecule has 0 spiro atoms. The van der Waals surface area contributed by atoms with Crippen molar-refractivity contribution in [2.24, 2.45) is 0 Å². The second kappa shape index (κ2) is 5.85. The summed E-state index contributed by atoms with van der Waals surface area (Å²) in [6.45, 7) is 3.59. The molecule has 2 aromatic rings. The summed E-state index contributed by atoms with van der Waals surface area (Å²) in [6.07, 6.45) is 0.984. The van der Waals surface area contributed by atoms with Crippen LogP contribution in [0.2, 0.25) is 5.02 Å². The molecule has 0 aliphatic rings. The fourth-order valence-electron chi connectivity index (χ4n) is 1.65. The van der Waals surface area contributed by atoms with Gasteiger partial charge in [-0.2, -0.15) is 0 Å². The molecule has 1 unspecified atom stereocenters. The van der Waals surface area contributed by atoms with E-state index in [1.807, 2.05) is 6.92 Å². The van der Waals surface area contributed by atoms with Gasteiger partial charge in [0.2, 0.25) is 5.78 Å². The Morgan fingerprint density at radius 1 is 1.32 bits per heavy atom. The van der Waals surface area contributed by atoms with Crippen LogP contribution in [0.4, 0.5) is 0 Å². The third-order valence-electron chi connectivity index (χ3n) is 2.67. The van der Waals surface area contributed by atoms with Crippen LogP contribution in [0.1, 0.15) is 23.0 Å². The van der Waals surface area contributed by atoms with Crippen LogP contribution in [-0.4, -0.2) is 16.9 Å². The summed E-state index contributed by atoms with van der Waals surface area (Å²) < 4.78 is 5.58. The molecule has 0 N–H and O–H groups in total. The smallest absolute Gasteiger partial charge is 0.204 e. The molecule has 0 fully saturated rings. The Balaban J connectivity index is 2.09. The Labute approximate surface area is 117 Å². The van der Waals surface area contributed by atoms with Crippen molar-refractivity contribution in [3.8, 4) is 5.75 Å². The molecule has 1 aromatic heterocycles. The highest BCUT2D eigenvalue weighted by Crippen LogP contribution is 2.19. The first-order valence-corrected chi connectivity index (χ1v) is 6.33. The maximum absolute atomic E-state index is 12.1. The summed E-state index contributed by atoms with van der Waals surface area (Å²) in [6, 6.07) is 10.5. The fourth-order valence-corrected chi connectivity index (χ4v) is 1.83. The van der Waals surface area contributed by atoms with Crippen molar-refractivity contribution in [1.82, 2.24) is 4.98 Å². The maximum Gasteiger partial charge on any atom is 0.204 e. The van der Waals surface area contributed by atoms with Gasteiger partial charge in [-0.1, -0.05) is 17.7 Å². The van der Waals surface area contributed by atoms with Gasteiger partial charge in [0.05, 0.1) is 0 Å². The third-order valence-corrected chi connectivity index (χ3v) is 2.91. The number of ketones is 1. The van der Waals surface area contributed by atoms with Crippen LogP contribution in [0.3, 0.4) is 0 Å². The molecule has 1 atom stereocenters. The topological polar surface area (TPSA) is 39.2 Å². The van der Waals surface area contributed by atoms with E-state index >= 15 is 0 Å². The van der Waals surface area contributed by atoms with E-state index in [1.54, 1.807) is 49.5 Å². The van der Waals surface area contributed by atoms with Crippen LogP contribution in [0, 0.1) is 6.92 Å². The molecule has 1 aromatic carbocycles. The fraction of sp³-hybridized carbons (Fsp3) is 0.200. The number of nitrogens with zero attached hydrogens (tertiary/aromatic N) is 1. The van der Waals surface area contributed by atoms with E-state index in [1.165, 1.54) is 0 Å². The average Bonchev–Trinajstić information content (AvgIpc) is 2.39. The van der Waals surface area contributed by atoms with Crippen molar-refractivity contribution >= 4 is 17.4 Å². The normalized spacial score (nSPS) is 11.9. The monoisotopic (exact) mass is 275 g/mol. The molecule has 3 nitrogen and oxygen atoms in total. The van der Waals surface area contributed by atoms with Crippen molar-refractivity contribution in [2.45, 2.75) is 20.0 Å². The number of Topliss-reactive ketones (excluding diaryl/α,β-unsaturated/α-hetero) is 1. The maximum atomic E-state index is 12.1. The largest absolute Gasteiger partial charge is 0.483 e. The van der Waals surface area contributed by atoms with E-state index in [0.29, 0.717) is 16.3 Å². The van der Waals surface area contributed by atoms with Crippen molar-refractivity contribution in [3.05, 3.63) is 58.9 Å². The summed E-state index contributed by atoms with van der Waals surface area (Å²) in [7, 11) is 0.